The molecule has 1 fully saturated rings. The van der Waals surface area contributed by atoms with E-state index >= 15 is 0 Å². The lowest BCUT2D eigenvalue weighted by Crippen LogP contribution is -2.40. The van der Waals surface area contributed by atoms with Crippen LogP contribution in [0.1, 0.15) is 11.1 Å². The van der Waals surface area contributed by atoms with Crippen LogP contribution in [0.5, 0.6) is 11.5 Å². The number of hydrogen-bond donors (Lipinski definition) is 0. The molecule has 0 aliphatic carbocycles. The number of carbonyl (C=O) groups excluding carboxylic acids is 2. The topological polar surface area (TPSA) is 78.9 Å². The molecular weight excluding hydrogens is 478 g/mol. The Morgan fingerprint density at radius 3 is 2.62 bits per heavy atom. The van der Waals surface area contributed by atoms with Crippen molar-refractivity contribution in [2.45, 2.75) is 6.61 Å². The molecule has 2 aromatic rings. The zero-order valence-corrected chi connectivity index (χ0v) is 18.4. The van der Waals surface area contributed by atoms with Gasteiger partial charge in [-0.3, -0.25) is 9.69 Å². The fourth-order valence-electron chi connectivity index (χ4n) is 2.55. The van der Waals surface area contributed by atoms with Crippen LogP contribution in [0.4, 0.5) is 0 Å². The summed E-state index contributed by atoms with van der Waals surface area (Å²) >= 11 is 9.52. The van der Waals surface area contributed by atoms with Crippen molar-refractivity contribution in [1.82, 2.24) is 4.90 Å². The lowest BCUT2D eigenvalue weighted by molar-refractivity contribution is -0.305. The standard InChI is InChI=1S/C20H16BrNO5S2/c1-26-16-8-13(9-17-19(25)22(10-18(23)24)20(28)29-17)4-7-15(16)27-11-12-2-5-14(21)6-3-12/h2-9H,10-11H2,1H3,(H,23,24)/p-1/b17-9+. The van der Waals surface area contributed by atoms with Gasteiger partial charge in [0, 0.05) is 4.47 Å². The summed E-state index contributed by atoms with van der Waals surface area (Å²) in [5.41, 5.74) is 1.71. The normalized spacial score (nSPS) is 15.1. The number of amides is 1. The lowest BCUT2D eigenvalue weighted by atomic mass is 10.1. The van der Waals surface area contributed by atoms with E-state index in [4.69, 9.17) is 21.7 Å². The maximum Gasteiger partial charge on any atom is 0.266 e. The lowest BCUT2D eigenvalue weighted by Gasteiger charge is -2.14. The van der Waals surface area contributed by atoms with Gasteiger partial charge in [-0.1, -0.05) is 58.1 Å². The number of ether oxygens (including phenoxy) is 2. The molecule has 1 amide bonds. The number of carboxylic acid groups (broad SMARTS) is 1. The first-order chi connectivity index (χ1) is 13.9. The summed E-state index contributed by atoms with van der Waals surface area (Å²) in [6, 6.07) is 13.1. The summed E-state index contributed by atoms with van der Waals surface area (Å²) in [4.78, 5) is 24.5. The van der Waals surface area contributed by atoms with E-state index < -0.39 is 18.4 Å². The van der Waals surface area contributed by atoms with E-state index in [1.165, 1.54) is 7.11 Å². The van der Waals surface area contributed by atoms with Crippen LogP contribution in [0, 0.1) is 0 Å². The Labute approximate surface area is 185 Å². The average Bonchev–Trinajstić information content (AvgIpc) is 2.95. The van der Waals surface area contributed by atoms with E-state index in [2.05, 4.69) is 15.9 Å². The molecule has 1 heterocycles. The largest absolute Gasteiger partial charge is 0.548 e. The number of halogens is 1. The van der Waals surface area contributed by atoms with E-state index in [-0.39, 0.29) is 4.32 Å². The number of thioether (sulfide) groups is 1. The molecule has 3 rings (SSSR count). The van der Waals surface area contributed by atoms with Crippen molar-refractivity contribution in [3.63, 3.8) is 0 Å². The fraction of sp³-hybridized carbons (Fsp3) is 0.150. The third-order valence-corrected chi connectivity index (χ3v) is 5.86. The highest BCUT2D eigenvalue weighted by atomic mass is 79.9. The third-order valence-electron chi connectivity index (χ3n) is 3.95. The molecule has 1 saturated heterocycles. The maximum atomic E-state index is 12.4. The van der Waals surface area contributed by atoms with Gasteiger partial charge < -0.3 is 19.4 Å². The highest BCUT2D eigenvalue weighted by Crippen LogP contribution is 2.34. The number of rotatable bonds is 7. The van der Waals surface area contributed by atoms with Crippen molar-refractivity contribution in [2.24, 2.45) is 0 Å². The van der Waals surface area contributed by atoms with E-state index in [1.54, 1.807) is 24.3 Å². The van der Waals surface area contributed by atoms with Gasteiger partial charge in [0.05, 0.1) is 24.5 Å². The highest BCUT2D eigenvalue weighted by molar-refractivity contribution is 9.10. The minimum absolute atomic E-state index is 0.187. The molecule has 0 bridgehead atoms. The molecule has 0 aromatic heterocycles. The van der Waals surface area contributed by atoms with Gasteiger partial charge >= 0.3 is 0 Å². The Kier molecular flexibility index (Phi) is 6.94. The minimum Gasteiger partial charge on any atom is -0.548 e. The molecule has 0 N–H and O–H groups in total. The van der Waals surface area contributed by atoms with Crippen molar-refractivity contribution in [3.8, 4) is 11.5 Å². The molecule has 6 nitrogen and oxygen atoms in total. The molecule has 29 heavy (non-hydrogen) atoms. The zero-order chi connectivity index (χ0) is 21.0. The summed E-state index contributed by atoms with van der Waals surface area (Å²) in [5.74, 6) is -0.742. The second-order valence-electron chi connectivity index (χ2n) is 5.97. The van der Waals surface area contributed by atoms with E-state index in [1.807, 2.05) is 24.3 Å². The minimum atomic E-state index is -1.36. The molecule has 0 atom stereocenters. The van der Waals surface area contributed by atoms with E-state index in [0.717, 1.165) is 26.7 Å². The van der Waals surface area contributed by atoms with Crippen LogP contribution in [-0.4, -0.2) is 34.8 Å². The van der Waals surface area contributed by atoms with Crippen LogP contribution >= 0.6 is 39.9 Å². The molecule has 0 spiro atoms. The zero-order valence-electron chi connectivity index (χ0n) is 15.2. The summed E-state index contributed by atoms with van der Waals surface area (Å²) < 4.78 is 12.4. The van der Waals surface area contributed by atoms with Gasteiger partial charge in [0.15, 0.2) is 11.5 Å². The van der Waals surface area contributed by atoms with Crippen molar-refractivity contribution < 1.29 is 24.2 Å². The van der Waals surface area contributed by atoms with Crippen LogP contribution in [0.3, 0.4) is 0 Å². The van der Waals surface area contributed by atoms with E-state index in [9.17, 15) is 14.7 Å². The number of methoxy groups -OCH3 is 1. The Bertz CT molecular complexity index is 991. The molecule has 0 unspecified atom stereocenters. The maximum absolute atomic E-state index is 12.4. The summed E-state index contributed by atoms with van der Waals surface area (Å²) in [6.45, 7) is -0.182. The molecule has 9 heteroatoms. The highest BCUT2D eigenvalue weighted by Gasteiger charge is 2.31. The van der Waals surface area contributed by atoms with Crippen molar-refractivity contribution >= 4 is 62.2 Å². The van der Waals surface area contributed by atoms with Gasteiger partial charge in [-0.25, -0.2) is 0 Å². The van der Waals surface area contributed by atoms with Gasteiger partial charge in [0.1, 0.15) is 10.9 Å². The van der Waals surface area contributed by atoms with Crippen LogP contribution in [0.2, 0.25) is 0 Å². The van der Waals surface area contributed by atoms with Crippen LogP contribution in [0.25, 0.3) is 6.08 Å². The summed E-state index contributed by atoms with van der Waals surface area (Å²) in [7, 11) is 1.53. The molecule has 0 saturated carbocycles. The quantitative estimate of drug-likeness (QED) is 0.434. The molecular formula is C20H15BrNO5S2-. The first-order valence-electron chi connectivity index (χ1n) is 8.38. The first-order valence-corrected chi connectivity index (χ1v) is 10.4. The van der Waals surface area contributed by atoms with Gasteiger partial charge in [-0.2, -0.15) is 0 Å². The number of hydrogen-bond acceptors (Lipinski definition) is 7. The van der Waals surface area contributed by atoms with Crippen molar-refractivity contribution in [2.75, 3.05) is 13.7 Å². The fourth-order valence-corrected chi connectivity index (χ4v) is 4.07. The third kappa shape index (κ3) is 5.37. The number of carbonyl (C=O) groups is 2. The molecule has 1 aliphatic rings. The van der Waals surface area contributed by atoms with Gasteiger partial charge in [-0.05, 0) is 41.5 Å². The number of carboxylic acids is 1. The van der Waals surface area contributed by atoms with E-state index in [0.29, 0.717) is 28.6 Å². The molecule has 2 aromatic carbocycles. The average molecular weight is 493 g/mol. The molecule has 0 radical (unpaired) electrons. The predicted octanol–water partition coefficient (Wildman–Crippen LogP) is 2.99. The Morgan fingerprint density at radius 2 is 1.97 bits per heavy atom. The summed E-state index contributed by atoms with van der Waals surface area (Å²) in [5, 5.41) is 10.8. The first kappa shape index (κ1) is 21.4. The summed E-state index contributed by atoms with van der Waals surface area (Å²) in [6.07, 6.45) is 1.63. The van der Waals surface area contributed by atoms with Crippen LogP contribution < -0.4 is 14.6 Å². The molecule has 150 valence electrons. The second-order valence-corrected chi connectivity index (χ2v) is 8.56. The van der Waals surface area contributed by atoms with Crippen LogP contribution in [0.15, 0.2) is 51.8 Å². The van der Waals surface area contributed by atoms with Crippen LogP contribution in [-0.2, 0) is 16.2 Å². The van der Waals surface area contributed by atoms with Crippen molar-refractivity contribution in [3.05, 3.63) is 63.0 Å². The Hall–Kier alpha value is -2.36. The Morgan fingerprint density at radius 1 is 1.24 bits per heavy atom. The number of nitrogens with zero attached hydrogens (tertiary/aromatic N) is 1. The second kappa shape index (κ2) is 9.43. The van der Waals surface area contributed by atoms with Gasteiger partial charge in [0.25, 0.3) is 5.91 Å². The Balaban J connectivity index is 1.75. The smallest absolute Gasteiger partial charge is 0.266 e. The number of thiocarbonyl (C=S) groups is 1. The number of benzene rings is 2. The SMILES string of the molecule is COc1cc(/C=C2/SC(=S)N(CC(=O)[O-])C2=O)ccc1OCc1ccc(Br)cc1. The number of aliphatic carboxylic acids is 1. The molecule has 1 aliphatic heterocycles. The van der Waals surface area contributed by atoms with Crippen molar-refractivity contribution in [1.29, 1.82) is 0 Å². The van der Waals surface area contributed by atoms with Gasteiger partial charge in [-0.15, -0.1) is 0 Å². The van der Waals surface area contributed by atoms with Gasteiger partial charge in [0.2, 0.25) is 0 Å². The predicted molar refractivity (Wildman–Crippen MR) is 116 cm³/mol. The monoisotopic (exact) mass is 492 g/mol.